The minimum atomic E-state index is -0.999. The van der Waals surface area contributed by atoms with E-state index in [-0.39, 0.29) is 62.8 Å². The number of ketones is 1. The zero-order chi connectivity index (χ0) is 29.0. The average Bonchev–Trinajstić information content (AvgIpc) is 2.94. The maximum Gasteiger partial charge on any atom is 0.148 e. The van der Waals surface area contributed by atoms with Gasteiger partial charge in [-0.1, -0.05) is 59.6 Å². The molecule has 0 saturated heterocycles. The quantitative estimate of drug-likeness (QED) is 0.163. The number of rotatable bonds is 10. The normalized spacial score (nSPS) is 12.5. The fourth-order valence-corrected chi connectivity index (χ4v) is 5.19. The van der Waals surface area contributed by atoms with Crippen LogP contribution in [-0.4, -0.2) is 40.4 Å². The predicted molar refractivity (Wildman–Crippen MR) is 153 cm³/mol. The first-order chi connectivity index (χ1) is 19.1. The van der Waals surface area contributed by atoms with Gasteiger partial charge in [0, 0.05) is 23.3 Å². The summed E-state index contributed by atoms with van der Waals surface area (Å²) in [6.07, 6.45) is 0.207. The fraction of sp³-hybridized carbons (Fsp3) is 0.194. The van der Waals surface area contributed by atoms with Gasteiger partial charge in [-0.05, 0) is 48.2 Å². The molecule has 0 fully saturated rings. The Balaban J connectivity index is 1.91. The number of Topliss-reactive ketones (excluding diaryl/α,β-unsaturated/α-hetero) is 1. The molecule has 4 rings (SSSR count). The second-order valence-electron chi connectivity index (χ2n) is 9.26. The summed E-state index contributed by atoms with van der Waals surface area (Å²) in [6, 6.07) is 19.2. The molecule has 4 N–H and O–H groups in total. The van der Waals surface area contributed by atoms with Gasteiger partial charge in [-0.2, -0.15) is 0 Å². The van der Waals surface area contributed by atoms with Crippen molar-refractivity contribution in [1.82, 2.24) is 0 Å². The van der Waals surface area contributed by atoms with Crippen molar-refractivity contribution in [2.75, 3.05) is 14.2 Å². The molecule has 7 nitrogen and oxygen atoms in total. The fourth-order valence-electron chi connectivity index (χ4n) is 4.84. The van der Waals surface area contributed by atoms with E-state index in [0.717, 1.165) is 12.1 Å². The van der Waals surface area contributed by atoms with Crippen LogP contribution in [0.15, 0.2) is 72.8 Å². The standard InChI is InChI=1S/C31H28Cl2O7/c1-39-29-9-5-3-7-17(29)11-21(19-13-23(32)27(36)15-25(19)34)31(38)22(12-18-8-4-6-10-30(18)40-2)20-14-24(33)28(37)16-26(20)35/h3-10,13-16,21-22,34-37H,11-12H2,1-2H3. The maximum atomic E-state index is 14.6. The first kappa shape index (κ1) is 28.9. The molecule has 0 amide bonds. The SMILES string of the molecule is COc1ccccc1CC(C(=O)C(Cc1ccccc1OC)c1cc(Cl)c(O)cc1O)c1cc(Cl)c(O)cc1O. The van der Waals surface area contributed by atoms with Gasteiger partial charge in [0.05, 0.1) is 36.1 Å². The molecule has 0 aliphatic heterocycles. The number of para-hydroxylation sites is 2. The summed E-state index contributed by atoms with van der Waals surface area (Å²) in [5, 5.41) is 41.8. The molecule has 0 radical (unpaired) electrons. The van der Waals surface area contributed by atoms with E-state index in [9.17, 15) is 25.2 Å². The van der Waals surface area contributed by atoms with Crippen LogP contribution in [0.1, 0.15) is 34.1 Å². The molecular weight excluding hydrogens is 555 g/mol. The molecular formula is C31H28Cl2O7. The minimum Gasteiger partial charge on any atom is -0.508 e. The molecule has 0 bridgehead atoms. The average molecular weight is 583 g/mol. The Morgan fingerprint density at radius 1 is 0.650 bits per heavy atom. The number of halogens is 2. The van der Waals surface area contributed by atoms with Crippen LogP contribution in [0.3, 0.4) is 0 Å². The van der Waals surface area contributed by atoms with E-state index in [1.54, 1.807) is 36.4 Å². The van der Waals surface area contributed by atoms with Gasteiger partial charge in [0.2, 0.25) is 0 Å². The third kappa shape index (κ3) is 6.06. The molecule has 2 atom stereocenters. The zero-order valence-electron chi connectivity index (χ0n) is 21.8. The molecule has 0 saturated carbocycles. The summed E-state index contributed by atoms with van der Waals surface area (Å²) in [5.74, 6) is -2.60. The van der Waals surface area contributed by atoms with Crippen molar-refractivity contribution in [2.24, 2.45) is 0 Å². The summed E-state index contributed by atoms with van der Waals surface area (Å²) in [7, 11) is 3.04. The largest absolute Gasteiger partial charge is 0.508 e. The number of phenols is 4. The lowest BCUT2D eigenvalue weighted by Gasteiger charge is -2.26. The van der Waals surface area contributed by atoms with Crippen molar-refractivity contribution < 1.29 is 34.7 Å². The highest BCUT2D eigenvalue weighted by Gasteiger charge is 2.35. The number of aromatic hydroxyl groups is 4. The number of carbonyl (C=O) groups is 1. The number of phenolic OH excluding ortho intramolecular Hbond substituents is 4. The summed E-state index contributed by atoms with van der Waals surface area (Å²) in [4.78, 5) is 14.6. The molecule has 40 heavy (non-hydrogen) atoms. The van der Waals surface area contributed by atoms with E-state index in [2.05, 4.69) is 0 Å². The highest BCUT2D eigenvalue weighted by atomic mass is 35.5. The second-order valence-corrected chi connectivity index (χ2v) is 10.1. The first-order valence-electron chi connectivity index (χ1n) is 12.3. The van der Waals surface area contributed by atoms with Crippen molar-refractivity contribution in [3.8, 4) is 34.5 Å². The molecule has 0 spiro atoms. The Hall–Kier alpha value is -4.07. The zero-order valence-corrected chi connectivity index (χ0v) is 23.3. The molecule has 2 unspecified atom stereocenters. The highest BCUT2D eigenvalue weighted by molar-refractivity contribution is 6.32. The van der Waals surface area contributed by atoms with Crippen molar-refractivity contribution in [3.63, 3.8) is 0 Å². The van der Waals surface area contributed by atoms with Crippen LogP contribution in [0, 0.1) is 0 Å². The van der Waals surface area contributed by atoms with Gasteiger partial charge in [0.25, 0.3) is 0 Å². The van der Waals surface area contributed by atoms with E-state index in [4.69, 9.17) is 32.7 Å². The third-order valence-corrected chi connectivity index (χ3v) is 7.47. The molecule has 9 heteroatoms. The van der Waals surface area contributed by atoms with Crippen LogP contribution in [0.2, 0.25) is 10.0 Å². The Bertz CT molecular complexity index is 1420. The molecule has 0 aliphatic carbocycles. The monoisotopic (exact) mass is 582 g/mol. The van der Waals surface area contributed by atoms with Crippen LogP contribution in [0.4, 0.5) is 0 Å². The third-order valence-electron chi connectivity index (χ3n) is 6.86. The van der Waals surface area contributed by atoms with Gasteiger partial charge < -0.3 is 29.9 Å². The summed E-state index contributed by atoms with van der Waals surface area (Å²) in [6.45, 7) is 0. The maximum absolute atomic E-state index is 14.6. The number of ether oxygens (including phenoxy) is 2. The lowest BCUT2D eigenvalue weighted by atomic mass is 9.77. The molecule has 0 aromatic heterocycles. The lowest BCUT2D eigenvalue weighted by molar-refractivity contribution is -0.122. The topological polar surface area (TPSA) is 116 Å². The first-order valence-corrected chi connectivity index (χ1v) is 13.1. The van der Waals surface area contributed by atoms with Crippen LogP contribution in [0.5, 0.6) is 34.5 Å². The van der Waals surface area contributed by atoms with Gasteiger partial charge in [0.15, 0.2) is 0 Å². The molecule has 4 aromatic carbocycles. The van der Waals surface area contributed by atoms with Crippen molar-refractivity contribution >= 4 is 29.0 Å². The Morgan fingerprint density at radius 3 is 1.40 bits per heavy atom. The van der Waals surface area contributed by atoms with Gasteiger partial charge in [-0.25, -0.2) is 0 Å². The van der Waals surface area contributed by atoms with Crippen LogP contribution >= 0.6 is 23.2 Å². The Kier molecular flexibility index (Phi) is 8.97. The number of methoxy groups -OCH3 is 2. The van der Waals surface area contributed by atoms with Crippen molar-refractivity contribution in [1.29, 1.82) is 0 Å². The number of hydrogen-bond donors (Lipinski definition) is 4. The van der Waals surface area contributed by atoms with E-state index >= 15 is 0 Å². The predicted octanol–water partition coefficient (Wildman–Crippen LogP) is 6.75. The van der Waals surface area contributed by atoms with Gasteiger partial charge in [-0.15, -0.1) is 0 Å². The Morgan fingerprint density at radius 2 is 1.02 bits per heavy atom. The number of carbonyl (C=O) groups excluding carboxylic acids is 1. The number of benzene rings is 4. The summed E-state index contributed by atoms with van der Waals surface area (Å²) >= 11 is 12.5. The molecule has 0 aliphatic rings. The van der Waals surface area contributed by atoms with E-state index < -0.39 is 11.8 Å². The Labute approximate surface area is 241 Å². The highest BCUT2D eigenvalue weighted by Crippen LogP contribution is 2.44. The number of hydrogen-bond acceptors (Lipinski definition) is 7. The van der Waals surface area contributed by atoms with E-state index in [0.29, 0.717) is 22.6 Å². The van der Waals surface area contributed by atoms with Gasteiger partial charge in [-0.3, -0.25) is 4.79 Å². The summed E-state index contributed by atoms with van der Waals surface area (Å²) < 4.78 is 11.0. The molecule has 208 valence electrons. The minimum absolute atomic E-state index is 0.0394. The lowest BCUT2D eigenvalue weighted by Crippen LogP contribution is -2.25. The van der Waals surface area contributed by atoms with Crippen LogP contribution < -0.4 is 9.47 Å². The summed E-state index contributed by atoms with van der Waals surface area (Å²) in [5.41, 5.74) is 1.76. The van der Waals surface area contributed by atoms with Gasteiger partial charge in [0.1, 0.15) is 40.3 Å². The smallest absolute Gasteiger partial charge is 0.148 e. The van der Waals surface area contributed by atoms with E-state index in [1.165, 1.54) is 26.4 Å². The van der Waals surface area contributed by atoms with Crippen molar-refractivity contribution in [2.45, 2.75) is 24.7 Å². The van der Waals surface area contributed by atoms with E-state index in [1.807, 2.05) is 12.1 Å². The molecule has 0 heterocycles. The van der Waals surface area contributed by atoms with Crippen molar-refractivity contribution in [3.05, 3.63) is 105 Å². The molecule has 4 aromatic rings. The second kappa shape index (κ2) is 12.4. The van der Waals surface area contributed by atoms with Crippen LogP contribution in [-0.2, 0) is 17.6 Å². The van der Waals surface area contributed by atoms with Gasteiger partial charge >= 0.3 is 0 Å². The van der Waals surface area contributed by atoms with Crippen LogP contribution in [0.25, 0.3) is 0 Å².